The Morgan fingerprint density at radius 1 is 1.26 bits per heavy atom. The van der Waals surface area contributed by atoms with Gasteiger partial charge in [-0.15, -0.1) is 0 Å². The summed E-state index contributed by atoms with van der Waals surface area (Å²) in [7, 11) is 0. The van der Waals surface area contributed by atoms with Gasteiger partial charge >= 0.3 is 6.03 Å². The van der Waals surface area contributed by atoms with Crippen LogP contribution in [-0.2, 0) is 0 Å². The van der Waals surface area contributed by atoms with Gasteiger partial charge in [-0.25, -0.2) is 9.78 Å². The van der Waals surface area contributed by atoms with Gasteiger partial charge in [-0.3, -0.25) is 9.89 Å². The van der Waals surface area contributed by atoms with Crippen LogP contribution in [0.3, 0.4) is 0 Å². The van der Waals surface area contributed by atoms with E-state index in [0.29, 0.717) is 13.1 Å². The number of amidine groups is 1. The average Bonchev–Trinajstić information content (AvgIpc) is 3.35. The summed E-state index contributed by atoms with van der Waals surface area (Å²) in [5, 5.41) is 3.40. The van der Waals surface area contributed by atoms with Gasteiger partial charge in [-0.05, 0) is 71.7 Å². The SMILES string of the molecule is Cc1cccc(NC2=NCC3=C2CN(C(=O)N2C[C@]4(C)CCCN4C[C@@H]2C)C3(C)C)n1. The molecule has 2 atom stereocenters. The van der Waals surface area contributed by atoms with Crippen LogP contribution < -0.4 is 5.32 Å². The zero-order valence-corrected chi connectivity index (χ0v) is 19.4. The van der Waals surface area contributed by atoms with Crippen LogP contribution in [0.1, 0.15) is 46.2 Å². The molecule has 5 rings (SSSR count). The van der Waals surface area contributed by atoms with Gasteiger partial charge < -0.3 is 15.1 Å². The lowest BCUT2D eigenvalue weighted by Gasteiger charge is -2.50. The number of nitrogens with one attached hydrogen (secondary N) is 1. The third-order valence-corrected chi connectivity index (χ3v) is 7.82. The van der Waals surface area contributed by atoms with E-state index >= 15 is 0 Å². The molecule has 0 aliphatic carbocycles. The molecule has 166 valence electrons. The zero-order valence-electron chi connectivity index (χ0n) is 19.4. The smallest absolute Gasteiger partial charge is 0.321 e. The number of aliphatic imine (C=N–C) groups is 1. The van der Waals surface area contributed by atoms with Crippen molar-refractivity contribution in [3.8, 4) is 0 Å². The second kappa shape index (κ2) is 7.05. The van der Waals surface area contributed by atoms with Crippen LogP contribution >= 0.6 is 0 Å². The van der Waals surface area contributed by atoms with E-state index in [0.717, 1.165) is 42.6 Å². The Morgan fingerprint density at radius 3 is 2.84 bits per heavy atom. The summed E-state index contributed by atoms with van der Waals surface area (Å²) in [4.78, 5) is 29.9. The van der Waals surface area contributed by atoms with Gasteiger partial charge in [0.05, 0.1) is 18.6 Å². The quantitative estimate of drug-likeness (QED) is 0.754. The molecule has 2 saturated heterocycles. The lowest BCUT2D eigenvalue weighted by Crippen LogP contribution is -2.65. The van der Waals surface area contributed by atoms with Crippen LogP contribution in [-0.4, -0.2) is 81.4 Å². The zero-order chi connectivity index (χ0) is 22.0. The van der Waals surface area contributed by atoms with E-state index in [4.69, 9.17) is 4.99 Å². The predicted octanol–water partition coefficient (Wildman–Crippen LogP) is 3.28. The van der Waals surface area contributed by atoms with Gasteiger partial charge in [0.1, 0.15) is 11.7 Å². The number of carbonyl (C=O) groups is 1. The molecule has 2 amide bonds. The first-order valence-corrected chi connectivity index (χ1v) is 11.5. The number of anilines is 1. The molecule has 7 heteroatoms. The molecule has 1 aromatic rings. The van der Waals surface area contributed by atoms with Crippen LogP contribution in [0.15, 0.2) is 34.3 Å². The lowest BCUT2D eigenvalue weighted by atomic mass is 9.93. The molecule has 4 aliphatic rings. The number of rotatable bonds is 1. The number of amides is 2. The van der Waals surface area contributed by atoms with Crippen molar-refractivity contribution in [1.29, 1.82) is 0 Å². The van der Waals surface area contributed by atoms with Crippen LogP contribution in [0.25, 0.3) is 0 Å². The Labute approximate surface area is 185 Å². The number of urea groups is 1. The number of hydrogen-bond acceptors (Lipinski definition) is 5. The highest BCUT2D eigenvalue weighted by Crippen LogP contribution is 2.41. The van der Waals surface area contributed by atoms with Gasteiger partial charge in [-0.2, -0.15) is 0 Å². The number of carbonyl (C=O) groups excluding carboxylic acids is 1. The van der Waals surface area contributed by atoms with Crippen LogP contribution in [0.4, 0.5) is 10.6 Å². The first kappa shape index (κ1) is 20.5. The van der Waals surface area contributed by atoms with Crippen molar-refractivity contribution < 1.29 is 4.79 Å². The normalized spacial score (nSPS) is 29.8. The fourth-order valence-corrected chi connectivity index (χ4v) is 5.82. The van der Waals surface area contributed by atoms with Crippen molar-refractivity contribution in [2.75, 3.05) is 38.0 Å². The monoisotopic (exact) mass is 422 g/mol. The summed E-state index contributed by atoms with van der Waals surface area (Å²) in [6.45, 7) is 15.0. The minimum atomic E-state index is -0.340. The van der Waals surface area contributed by atoms with E-state index < -0.39 is 0 Å². The van der Waals surface area contributed by atoms with Gasteiger partial charge in [0.25, 0.3) is 0 Å². The molecule has 0 unspecified atom stereocenters. The highest BCUT2D eigenvalue weighted by Gasteiger charge is 2.50. The maximum Gasteiger partial charge on any atom is 0.321 e. The molecule has 4 aliphatic heterocycles. The fourth-order valence-electron chi connectivity index (χ4n) is 5.82. The van der Waals surface area contributed by atoms with E-state index in [1.165, 1.54) is 18.4 Å². The minimum absolute atomic E-state index is 0.118. The van der Waals surface area contributed by atoms with Gasteiger partial charge in [0.15, 0.2) is 0 Å². The summed E-state index contributed by atoms with van der Waals surface area (Å²) in [6, 6.07) is 6.33. The first-order valence-electron chi connectivity index (χ1n) is 11.5. The van der Waals surface area contributed by atoms with Crippen molar-refractivity contribution >= 4 is 17.7 Å². The topological polar surface area (TPSA) is 64.1 Å². The highest BCUT2D eigenvalue weighted by molar-refractivity contribution is 6.11. The second-order valence-corrected chi connectivity index (χ2v) is 10.4. The molecule has 1 N–H and O–H groups in total. The summed E-state index contributed by atoms with van der Waals surface area (Å²) in [6.07, 6.45) is 2.40. The van der Waals surface area contributed by atoms with Crippen LogP contribution in [0.2, 0.25) is 0 Å². The molecule has 0 aromatic carbocycles. The van der Waals surface area contributed by atoms with Gasteiger partial charge in [0, 0.05) is 35.9 Å². The third kappa shape index (κ3) is 3.25. The molecule has 2 fully saturated rings. The van der Waals surface area contributed by atoms with Crippen molar-refractivity contribution in [3.63, 3.8) is 0 Å². The number of aromatic nitrogens is 1. The molecule has 0 spiro atoms. The molecule has 0 saturated carbocycles. The number of piperazine rings is 1. The summed E-state index contributed by atoms with van der Waals surface area (Å²) in [5.41, 5.74) is 3.14. The molecule has 7 nitrogen and oxygen atoms in total. The summed E-state index contributed by atoms with van der Waals surface area (Å²) >= 11 is 0. The maximum absolute atomic E-state index is 13.8. The van der Waals surface area contributed by atoms with Crippen molar-refractivity contribution in [1.82, 2.24) is 19.7 Å². The van der Waals surface area contributed by atoms with E-state index in [9.17, 15) is 4.79 Å². The van der Waals surface area contributed by atoms with E-state index in [1.54, 1.807) is 0 Å². The Kier molecular flexibility index (Phi) is 4.66. The Hall–Kier alpha value is -2.41. The molecule has 0 bridgehead atoms. The van der Waals surface area contributed by atoms with Crippen molar-refractivity contribution in [3.05, 3.63) is 35.0 Å². The summed E-state index contributed by atoms with van der Waals surface area (Å²) < 4.78 is 0. The number of pyridine rings is 1. The predicted molar refractivity (Wildman–Crippen MR) is 123 cm³/mol. The van der Waals surface area contributed by atoms with Crippen LogP contribution in [0, 0.1) is 6.92 Å². The maximum atomic E-state index is 13.8. The van der Waals surface area contributed by atoms with Crippen molar-refractivity contribution in [2.45, 2.75) is 64.6 Å². The third-order valence-electron chi connectivity index (χ3n) is 7.82. The van der Waals surface area contributed by atoms with Gasteiger partial charge in [0.2, 0.25) is 0 Å². The molecule has 0 radical (unpaired) electrons. The minimum Gasteiger partial charge on any atom is -0.325 e. The lowest BCUT2D eigenvalue weighted by molar-refractivity contribution is 0.0119. The Morgan fingerprint density at radius 2 is 2.06 bits per heavy atom. The van der Waals surface area contributed by atoms with Gasteiger partial charge in [-0.1, -0.05) is 6.07 Å². The largest absolute Gasteiger partial charge is 0.325 e. The number of hydrogen-bond donors (Lipinski definition) is 1. The fraction of sp³-hybridized carbons (Fsp3) is 0.625. The molecule has 1 aromatic heterocycles. The second-order valence-electron chi connectivity index (χ2n) is 10.4. The van der Waals surface area contributed by atoms with E-state index in [1.807, 2.05) is 25.1 Å². The number of nitrogens with zero attached hydrogens (tertiary/aromatic N) is 5. The number of fused-ring (bicyclic) bond motifs is 1. The average molecular weight is 423 g/mol. The standard InChI is InChI=1S/C24H34N6O/c1-16-8-6-9-20(26-16)27-21-18-14-30(23(3,4)19(18)12-25-21)22(31)29-15-24(5)10-7-11-28(24)13-17(29)2/h6,8-9,17H,7,10-15H2,1-5H3,(H,25,26,27)/t17-,24-/m0/s1. The van der Waals surface area contributed by atoms with Crippen molar-refractivity contribution in [2.24, 2.45) is 4.99 Å². The highest BCUT2D eigenvalue weighted by atomic mass is 16.2. The molecular formula is C24H34N6O. The Balaban J connectivity index is 1.35. The molecule has 31 heavy (non-hydrogen) atoms. The van der Waals surface area contributed by atoms with E-state index in [-0.39, 0.29) is 23.2 Å². The van der Waals surface area contributed by atoms with E-state index in [2.05, 4.69) is 52.7 Å². The number of aryl methyl sites for hydroxylation is 1. The first-order chi connectivity index (χ1) is 14.7. The molecular weight excluding hydrogens is 388 g/mol. The molecule has 5 heterocycles. The Bertz CT molecular complexity index is 982. The summed E-state index contributed by atoms with van der Waals surface area (Å²) in [5.74, 6) is 1.66. The van der Waals surface area contributed by atoms with Crippen LogP contribution in [0.5, 0.6) is 0 Å².